The fourth-order valence-electron chi connectivity index (χ4n) is 3.48. The van der Waals surface area contributed by atoms with Crippen molar-refractivity contribution in [3.05, 3.63) is 72.1 Å². The summed E-state index contributed by atoms with van der Waals surface area (Å²) in [7, 11) is -5.40. The van der Waals surface area contributed by atoms with Gasteiger partial charge in [0.25, 0.3) is 0 Å². The normalized spacial score (nSPS) is 11.5. The molecule has 1 amide bonds. The number of benzene rings is 2. The SMILES string of the molecule is CCn1cc(-c2ccnc([As])n2)c(-c2c(F)ccc(N(C(=O)O)S(=O)(=O)c3cc(F)ccc3F)c2F)n1. The first-order chi connectivity index (χ1) is 17.4. The van der Waals surface area contributed by atoms with E-state index in [9.17, 15) is 27.1 Å². The third-order valence-corrected chi connectivity index (χ3v) is 7.27. The Hall–Kier alpha value is -3.77. The van der Waals surface area contributed by atoms with Crippen molar-refractivity contribution < 1.29 is 35.9 Å². The van der Waals surface area contributed by atoms with E-state index in [1.54, 1.807) is 6.92 Å². The Bertz CT molecular complexity index is 1650. The molecule has 2 heterocycles. The minimum absolute atomic E-state index is 0.146. The third kappa shape index (κ3) is 4.81. The van der Waals surface area contributed by atoms with Gasteiger partial charge in [-0.15, -0.1) is 0 Å². The molecule has 2 aromatic heterocycles. The number of aryl methyl sites for hydroxylation is 1. The molecule has 0 aliphatic carbocycles. The van der Waals surface area contributed by atoms with E-state index < -0.39 is 59.8 Å². The molecule has 0 spiro atoms. The van der Waals surface area contributed by atoms with Crippen LogP contribution >= 0.6 is 0 Å². The second-order valence-corrected chi connectivity index (χ2v) is 9.97. The van der Waals surface area contributed by atoms with Crippen LogP contribution < -0.4 is 8.92 Å². The Balaban J connectivity index is 1.97. The first-order valence-corrected chi connectivity index (χ1v) is 12.6. The van der Waals surface area contributed by atoms with Crippen LogP contribution in [0, 0.1) is 23.3 Å². The van der Waals surface area contributed by atoms with E-state index in [0.29, 0.717) is 24.3 Å². The summed E-state index contributed by atoms with van der Waals surface area (Å²) in [4.78, 5) is 18.8. The number of carbonyl (C=O) groups is 1. The number of halogens is 4. The van der Waals surface area contributed by atoms with Crippen molar-refractivity contribution in [1.29, 1.82) is 0 Å². The second kappa shape index (κ2) is 9.94. The van der Waals surface area contributed by atoms with Gasteiger partial charge in [-0.05, 0) is 12.1 Å². The Morgan fingerprint density at radius 2 is 1.81 bits per heavy atom. The fourth-order valence-corrected chi connectivity index (χ4v) is 5.22. The monoisotopic (exact) mass is 595 g/mol. The van der Waals surface area contributed by atoms with Crippen LogP contribution in [0.4, 0.5) is 28.0 Å². The number of rotatable bonds is 6. The van der Waals surface area contributed by atoms with Gasteiger partial charge in [-0.25, -0.2) is 8.78 Å². The zero-order valence-electron chi connectivity index (χ0n) is 18.6. The Morgan fingerprint density at radius 1 is 1.11 bits per heavy atom. The van der Waals surface area contributed by atoms with Crippen LogP contribution in [-0.4, -0.2) is 56.2 Å². The van der Waals surface area contributed by atoms with Gasteiger partial charge in [-0.2, -0.15) is 0 Å². The van der Waals surface area contributed by atoms with E-state index in [1.165, 1.54) is 23.1 Å². The second-order valence-electron chi connectivity index (χ2n) is 7.37. The Labute approximate surface area is 216 Å². The first-order valence-electron chi connectivity index (χ1n) is 10.3. The maximum atomic E-state index is 15.9. The molecule has 15 heteroatoms. The molecule has 0 aliphatic rings. The van der Waals surface area contributed by atoms with Crippen molar-refractivity contribution >= 4 is 43.3 Å². The average Bonchev–Trinajstić information content (AvgIpc) is 3.26. The van der Waals surface area contributed by atoms with E-state index in [2.05, 4.69) is 31.9 Å². The summed E-state index contributed by atoms with van der Waals surface area (Å²) in [6, 6.07) is 3.99. The van der Waals surface area contributed by atoms with Gasteiger partial charge in [0.05, 0.1) is 0 Å². The fraction of sp³-hybridized carbons (Fsp3) is 0.0909. The summed E-state index contributed by atoms with van der Waals surface area (Å²) >= 11 is 2.10. The molecular weight excluding hydrogens is 581 g/mol. The van der Waals surface area contributed by atoms with Gasteiger partial charge in [0.1, 0.15) is 5.82 Å². The molecule has 0 saturated heterocycles. The van der Waals surface area contributed by atoms with Gasteiger partial charge >= 0.3 is 189 Å². The van der Waals surface area contributed by atoms with Crippen molar-refractivity contribution in [3.63, 3.8) is 0 Å². The molecule has 4 rings (SSSR count). The Morgan fingerprint density at radius 3 is 2.46 bits per heavy atom. The molecule has 1 N–H and O–H groups in total. The molecule has 37 heavy (non-hydrogen) atoms. The van der Waals surface area contributed by atoms with Crippen molar-refractivity contribution in [3.8, 4) is 22.5 Å². The summed E-state index contributed by atoms with van der Waals surface area (Å²) in [5.74, 6) is -5.46. The summed E-state index contributed by atoms with van der Waals surface area (Å²) in [5, 5.41) is 13.8. The molecule has 4 aromatic rings. The quantitative estimate of drug-likeness (QED) is 0.269. The van der Waals surface area contributed by atoms with E-state index in [1.807, 2.05) is 0 Å². The molecule has 0 bridgehead atoms. The summed E-state index contributed by atoms with van der Waals surface area (Å²) in [6.45, 7) is 1.99. The Kier molecular flexibility index (Phi) is 7.07. The van der Waals surface area contributed by atoms with Crippen molar-refractivity contribution in [2.75, 3.05) is 4.31 Å². The molecule has 2 aromatic carbocycles. The summed E-state index contributed by atoms with van der Waals surface area (Å²) in [5.41, 5.74) is -1.93. The minimum atomic E-state index is -5.40. The van der Waals surface area contributed by atoms with E-state index in [4.69, 9.17) is 0 Å². The van der Waals surface area contributed by atoms with Crippen LogP contribution in [0.3, 0.4) is 0 Å². The van der Waals surface area contributed by atoms with Gasteiger partial charge in [0.15, 0.2) is 0 Å². The summed E-state index contributed by atoms with van der Waals surface area (Å²) < 4.78 is 86.1. The summed E-state index contributed by atoms with van der Waals surface area (Å²) in [6.07, 6.45) is 0.602. The number of carboxylic acid groups (broad SMARTS) is 1. The molecule has 0 atom stereocenters. The third-order valence-electron chi connectivity index (χ3n) is 5.12. The van der Waals surface area contributed by atoms with Crippen LogP contribution in [0.2, 0.25) is 0 Å². The van der Waals surface area contributed by atoms with Crippen LogP contribution in [0.15, 0.2) is 53.7 Å². The number of amides is 1. The number of sulfonamides is 1. The standard InChI is InChI=1S/C22H14AsF4N5O4S/c1-2-31-10-12(15-7-8-28-21(23)29-15)20(30-31)18-14(26)5-6-16(19(18)27)32(22(33)34)37(35,36)17-9-11(24)3-4-13(17)25/h3-10H,2H2,1H3,(H,33,34). The number of hydrogen-bond acceptors (Lipinski definition) is 6. The van der Waals surface area contributed by atoms with Crippen LogP contribution in [0.1, 0.15) is 6.92 Å². The van der Waals surface area contributed by atoms with Crippen LogP contribution in [0.25, 0.3) is 22.5 Å². The van der Waals surface area contributed by atoms with E-state index in [-0.39, 0.29) is 34.2 Å². The predicted molar refractivity (Wildman–Crippen MR) is 124 cm³/mol. The van der Waals surface area contributed by atoms with Gasteiger partial charge in [0.2, 0.25) is 0 Å². The molecular formula is C22H14AsF4N5O4S. The predicted octanol–water partition coefficient (Wildman–Crippen LogP) is 3.25. The molecule has 0 unspecified atom stereocenters. The van der Waals surface area contributed by atoms with Crippen molar-refractivity contribution in [1.82, 2.24) is 19.7 Å². The van der Waals surface area contributed by atoms with Crippen molar-refractivity contribution in [2.45, 2.75) is 18.4 Å². The molecule has 2 radical (unpaired) electrons. The van der Waals surface area contributed by atoms with E-state index in [0.717, 1.165) is 0 Å². The molecule has 9 nitrogen and oxygen atoms in total. The molecule has 0 aliphatic heterocycles. The molecule has 190 valence electrons. The van der Waals surface area contributed by atoms with Crippen LogP contribution in [-0.2, 0) is 16.6 Å². The van der Waals surface area contributed by atoms with Gasteiger partial charge in [0, 0.05) is 0 Å². The zero-order valence-corrected chi connectivity index (χ0v) is 21.3. The van der Waals surface area contributed by atoms with Crippen LogP contribution in [0.5, 0.6) is 0 Å². The van der Waals surface area contributed by atoms with Gasteiger partial charge in [-0.1, -0.05) is 0 Å². The number of anilines is 1. The molecule has 0 fully saturated rings. The first kappa shape index (κ1) is 26.3. The number of aromatic nitrogens is 4. The number of nitrogens with zero attached hydrogens (tertiary/aromatic N) is 5. The van der Waals surface area contributed by atoms with Crippen molar-refractivity contribution in [2.24, 2.45) is 0 Å². The van der Waals surface area contributed by atoms with E-state index >= 15 is 8.78 Å². The maximum absolute atomic E-state index is 15.9. The topological polar surface area (TPSA) is 118 Å². The number of hydrogen-bond donors (Lipinski definition) is 1. The van der Waals surface area contributed by atoms with Gasteiger partial charge < -0.3 is 0 Å². The van der Waals surface area contributed by atoms with Gasteiger partial charge in [-0.3, -0.25) is 0 Å². The average molecular weight is 595 g/mol. The zero-order chi connectivity index (χ0) is 27.1. The molecule has 0 saturated carbocycles.